The van der Waals surface area contributed by atoms with Crippen molar-refractivity contribution in [3.63, 3.8) is 0 Å². The van der Waals surface area contributed by atoms with Gasteiger partial charge in [0.05, 0.1) is 29.9 Å². The third-order valence-electron chi connectivity index (χ3n) is 4.88. The fraction of sp³-hybridized carbons (Fsp3) is 0.474. The van der Waals surface area contributed by atoms with E-state index in [1.807, 2.05) is 4.90 Å². The van der Waals surface area contributed by atoms with Crippen LogP contribution in [-0.4, -0.2) is 64.6 Å². The van der Waals surface area contributed by atoms with Gasteiger partial charge in [-0.1, -0.05) is 0 Å². The molecule has 2 aliphatic rings. The number of anilines is 2. The number of sulfonamides is 1. The monoisotopic (exact) mass is 452 g/mol. The summed E-state index contributed by atoms with van der Waals surface area (Å²) in [6.45, 7) is 2.49. The molecule has 11 heteroatoms. The SMILES string of the molecule is CS(=O)(=O)Cc1cc(N2CCOCC2)nc(-c2ccc(NS(=O)(=O)C3CC3)cc2)n1. The van der Waals surface area contributed by atoms with Gasteiger partial charge in [-0.15, -0.1) is 0 Å². The Morgan fingerprint density at radius 1 is 1.07 bits per heavy atom. The summed E-state index contributed by atoms with van der Waals surface area (Å²) in [5, 5.41) is -0.302. The summed E-state index contributed by atoms with van der Waals surface area (Å²) in [5.74, 6) is 0.869. The zero-order valence-electron chi connectivity index (χ0n) is 16.6. The van der Waals surface area contributed by atoms with Gasteiger partial charge in [-0.3, -0.25) is 4.72 Å². The van der Waals surface area contributed by atoms with Crippen molar-refractivity contribution in [1.29, 1.82) is 0 Å². The maximum absolute atomic E-state index is 12.1. The van der Waals surface area contributed by atoms with Crippen molar-refractivity contribution < 1.29 is 21.6 Å². The van der Waals surface area contributed by atoms with Crippen molar-refractivity contribution in [3.8, 4) is 11.4 Å². The number of morpholine rings is 1. The van der Waals surface area contributed by atoms with E-state index < -0.39 is 19.9 Å². The molecule has 0 amide bonds. The van der Waals surface area contributed by atoms with Crippen LogP contribution in [0.25, 0.3) is 11.4 Å². The van der Waals surface area contributed by atoms with Crippen molar-refractivity contribution in [2.24, 2.45) is 0 Å². The van der Waals surface area contributed by atoms with Gasteiger partial charge in [0.1, 0.15) is 5.82 Å². The lowest BCUT2D eigenvalue weighted by molar-refractivity contribution is 0.122. The van der Waals surface area contributed by atoms with E-state index in [9.17, 15) is 16.8 Å². The molecule has 1 N–H and O–H groups in total. The van der Waals surface area contributed by atoms with Gasteiger partial charge in [0.15, 0.2) is 15.7 Å². The molecule has 30 heavy (non-hydrogen) atoms. The number of nitrogens with one attached hydrogen (secondary N) is 1. The summed E-state index contributed by atoms with van der Waals surface area (Å²) in [4.78, 5) is 11.1. The number of sulfone groups is 1. The topological polar surface area (TPSA) is 119 Å². The average molecular weight is 453 g/mol. The van der Waals surface area contributed by atoms with E-state index in [4.69, 9.17) is 4.74 Å². The molecule has 2 heterocycles. The molecule has 4 rings (SSSR count). The molecule has 0 spiro atoms. The van der Waals surface area contributed by atoms with Crippen LogP contribution < -0.4 is 9.62 Å². The second kappa shape index (κ2) is 8.12. The fourth-order valence-corrected chi connectivity index (χ4v) is 5.30. The van der Waals surface area contributed by atoms with Crippen molar-refractivity contribution in [1.82, 2.24) is 9.97 Å². The van der Waals surface area contributed by atoms with E-state index >= 15 is 0 Å². The van der Waals surface area contributed by atoms with Crippen molar-refractivity contribution in [2.75, 3.05) is 42.2 Å². The van der Waals surface area contributed by atoms with Gasteiger partial charge >= 0.3 is 0 Å². The third kappa shape index (κ3) is 5.27. The molecule has 1 saturated carbocycles. The second-order valence-electron chi connectivity index (χ2n) is 7.63. The molecule has 0 unspecified atom stereocenters. The number of hydrogen-bond donors (Lipinski definition) is 1. The number of ether oxygens (including phenoxy) is 1. The van der Waals surface area contributed by atoms with Crippen molar-refractivity contribution >= 4 is 31.4 Å². The second-order valence-corrected chi connectivity index (χ2v) is 11.7. The van der Waals surface area contributed by atoms with Crippen LogP contribution >= 0.6 is 0 Å². The minimum atomic E-state index is -3.33. The Morgan fingerprint density at radius 2 is 1.73 bits per heavy atom. The zero-order chi connectivity index (χ0) is 21.4. The van der Waals surface area contributed by atoms with Gasteiger partial charge in [-0.2, -0.15) is 0 Å². The minimum absolute atomic E-state index is 0.181. The number of rotatable bonds is 7. The quantitative estimate of drug-likeness (QED) is 0.670. The molecule has 2 fully saturated rings. The fourth-order valence-electron chi connectivity index (χ4n) is 3.22. The summed E-state index contributed by atoms with van der Waals surface area (Å²) < 4.78 is 55.8. The molecule has 0 bridgehead atoms. The first kappa shape index (κ1) is 21.0. The molecule has 2 aromatic rings. The Balaban J connectivity index is 1.63. The highest BCUT2D eigenvalue weighted by molar-refractivity contribution is 7.93. The molecule has 0 atom stereocenters. The van der Waals surface area contributed by atoms with Crippen LogP contribution in [0, 0.1) is 0 Å². The molecule has 1 aliphatic carbocycles. The van der Waals surface area contributed by atoms with Crippen LogP contribution in [0.2, 0.25) is 0 Å². The molecule has 1 aromatic carbocycles. The highest BCUT2D eigenvalue weighted by Gasteiger charge is 2.35. The van der Waals surface area contributed by atoms with Crippen LogP contribution in [0.1, 0.15) is 18.5 Å². The lowest BCUT2D eigenvalue weighted by atomic mass is 10.2. The summed E-state index contributed by atoms with van der Waals surface area (Å²) in [6, 6.07) is 8.49. The molecule has 1 aliphatic heterocycles. The maximum atomic E-state index is 12.1. The molecule has 1 saturated heterocycles. The Hall–Kier alpha value is -2.24. The first-order chi connectivity index (χ1) is 14.2. The van der Waals surface area contributed by atoms with Crippen LogP contribution in [0.4, 0.5) is 11.5 Å². The molecule has 162 valence electrons. The number of nitrogens with zero attached hydrogens (tertiary/aromatic N) is 3. The van der Waals surface area contributed by atoms with Gasteiger partial charge in [-0.25, -0.2) is 26.8 Å². The Kier molecular flexibility index (Phi) is 5.69. The summed E-state index contributed by atoms with van der Waals surface area (Å²) >= 11 is 0. The Labute approximate surface area is 176 Å². The van der Waals surface area contributed by atoms with E-state index in [-0.39, 0.29) is 11.0 Å². The summed E-state index contributed by atoms with van der Waals surface area (Å²) in [6.07, 6.45) is 2.56. The van der Waals surface area contributed by atoms with Crippen molar-refractivity contribution in [2.45, 2.75) is 23.8 Å². The number of benzene rings is 1. The predicted octanol–water partition coefficient (Wildman–Crippen LogP) is 1.43. The van der Waals surface area contributed by atoms with Crippen LogP contribution in [-0.2, 0) is 30.4 Å². The lowest BCUT2D eigenvalue weighted by Gasteiger charge is -2.28. The predicted molar refractivity (Wildman–Crippen MR) is 115 cm³/mol. The first-order valence-corrected chi connectivity index (χ1v) is 13.3. The minimum Gasteiger partial charge on any atom is -0.378 e. The summed E-state index contributed by atoms with van der Waals surface area (Å²) in [5.41, 5.74) is 1.57. The van der Waals surface area contributed by atoms with Gasteiger partial charge in [0.25, 0.3) is 0 Å². The van der Waals surface area contributed by atoms with Crippen LogP contribution in [0.3, 0.4) is 0 Å². The van der Waals surface area contributed by atoms with Gasteiger partial charge < -0.3 is 9.64 Å². The first-order valence-electron chi connectivity index (χ1n) is 9.70. The zero-order valence-corrected chi connectivity index (χ0v) is 18.2. The largest absolute Gasteiger partial charge is 0.378 e. The Bertz CT molecular complexity index is 1120. The molecule has 9 nitrogen and oxygen atoms in total. The van der Waals surface area contributed by atoms with Crippen LogP contribution in [0.15, 0.2) is 30.3 Å². The van der Waals surface area contributed by atoms with E-state index in [0.717, 1.165) is 0 Å². The third-order valence-corrected chi connectivity index (χ3v) is 7.57. The average Bonchev–Trinajstić information content (AvgIpc) is 3.53. The number of aromatic nitrogens is 2. The van der Waals surface area contributed by atoms with Gasteiger partial charge in [0, 0.05) is 36.7 Å². The van der Waals surface area contributed by atoms with E-state index in [0.29, 0.717) is 67.7 Å². The molecule has 0 radical (unpaired) electrons. The summed E-state index contributed by atoms with van der Waals surface area (Å²) in [7, 11) is -6.60. The highest BCUT2D eigenvalue weighted by Crippen LogP contribution is 2.30. The molecular formula is C19H24N4O5S2. The highest BCUT2D eigenvalue weighted by atomic mass is 32.2. The van der Waals surface area contributed by atoms with E-state index in [2.05, 4.69) is 14.7 Å². The van der Waals surface area contributed by atoms with E-state index in [1.165, 1.54) is 6.26 Å². The normalized spacial score (nSPS) is 17.7. The maximum Gasteiger partial charge on any atom is 0.235 e. The van der Waals surface area contributed by atoms with Gasteiger partial charge in [0.2, 0.25) is 10.0 Å². The smallest absolute Gasteiger partial charge is 0.235 e. The van der Waals surface area contributed by atoms with Crippen LogP contribution in [0.5, 0.6) is 0 Å². The lowest BCUT2D eigenvalue weighted by Crippen LogP contribution is -2.37. The molecule has 1 aromatic heterocycles. The van der Waals surface area contributed by atoms with Crippen molar-refractivity contribution in [3.05, 3.63) is 36.0 Å². The standard InChI is InChI=1S/C19H24N4O5S2/c1-29(24,25)13-16-12-18(23-8-10-28-11-9-23)21-19(20-16)14-2-4-15(5-3-14)22-30(26,27)17-6-7-17/h2-5,12,17,22H,6-11,13H2,1H3. The molecular weight excluding hydrogens is 428 g/mol. The van der Waals surface area contributed by atoms with Gasteiger partial charge in [-0.05, 0) is 37.1 Å². The van der Waals surface area contributed by atoms with E-state index in [1.54, 1.807) is 30.3 Å². The number of hydrogen-bond acceptors (Lipinski definition) is 8. The Morgan fingerprint density at radius 3 is 2.33 bits per heavy atom.